The van der Waals surface area contributed by atoms with Crippen LogP contribution in [0.15, 0.2) is 22.7 Å². The molecule has 2 fully saturated rings. The highest BCUT2D eigenvalue weighted by Crippen LogP contribution is 2.35. The minimum Gasteiger partial charge on any atom is -0.378 e. The van der Waals surface area contributed by atoms with Gasteiger partial charge in [0.1, 0.15) is 0 Å². The summed E-state index contributed by atoms with van der Waals surface area (Å²) in [5, 5.41) is 3.62. The first-order chi connectivity index (χ1) is 9.19. The third-order valence-electron chi connectivity index (χ3n) is 4.31. The number of morpholine rings is 1. The standard InChI is InChI=1S/C15H21BrN2O/c1-15(5-2-6-17-15)12-3-4-14(13(16)11-12)18-7-9-19-10-8-18/h3-4,11,17H,2,5-10H2,1H3. The molecule has 0 spiro atoms. The van der Waals surface area contributed by atoms with Crippen molar-refractivity contribution >= 4 is 21.6 Å². The van der Waals surface area contributed by atoms with Gasteiger partial charge in [-0.2, -0.15) is 0 Å². The molecule has 19 heavy (non-hydrogen) atoms. The molecule has 2 aliphatic rings. The normalized spacial score (nSPS) is 27.8. The van der Waals surface area contributed by atoms with Crippen LogP contribution in [0.2, 0.25) is 0 Å². The van der Waals surface area contributed by atoms with Crippen molar-refractivity contribution in [1.29, 1.82) is 0 Å². The molecule has 0 aromatic heterocycles. The highest BCUT2D eigenvalue weighted by molar-refractivity contribution is 9.10. The van der Waals surface area contributed by atoms with Gasteiger partial charge in [-0.1, -0.05) is 6.07 Å². The summed E-state index contributed by atoms with van der Waals surface area (Å²) in [6.07, 6.45) is 2.48. The van der Waals surface area contributed by atoms with Crippen LogP contribution >= 0.6 is 15.9 Å². The lowest BCUT2D eigenvalue weighted by molar-refractivity contribution is 0.122. The molecular formula is C15H21BrN2O. The van der Waals surface area contributed by atoms with Gasteiger partial charge in [0.15, 0.2) is 0 Å². The van der Waals surface area contributed by atoms with E-state index < -0.39 is 0 Å². The average molecular weight is 325 g/mol. The van der Waals surface area contributed by atoms with E-state index in [-0.39, 0.29) is 5.54 Å². The van der Waals surface area contributed by atoms with Gasteiger partial charge in [-0.05, 0) is 59.9 Å². The van der Waals surface area contributed by atoms with Crippen LogP contribution < -0.4 is 10.2 Å². The maximum absolute atomic E-state index is 5.42. The summed E-state index contributed by atoms with van der Waals surface area (Å²) in [5.41, 5.74) is 2.81. The van der Waals surface area contributed by atoms with E-state index >= 15 is 0 Å². The molecule has 1 atom stereocenters. The third-order valence-corrected chi connectivity index (χ3v) is 4.94. The zero-order valence-corrected chi connectivity index (χ0v) is 13.0. The fourth-order valence-corrected chi connectivity index (χ4v) is 3.68. The lowest BCUT2D eigenvalue weighted by atomic mass is 9.90. The molecule has 2 aliphatic heterocycles. The second kappa shape index (κ2) is 5.43. The lowest BCUT2D eigenvalue weighted by Crippen LogP contribution is -2.37. The Morgan fingerprint density at radius 2 is 2.11 bits per heavy atom. The molecule has 1 aromatic rings. The SMILES string of the molecule is CC1(c2ccc(N3CCOCC3)c(Br)c2)CCCN1. The lowest BCUT2D eigenvalue weighted by Gasteiger charge is -2.31. The average Bonchev–Trinajstić information content (AvgIpc) is 2.88. The first kappa shape index (κ1) is 13.4. The molecule has 0 aliphatic carbocycles. The molecule has 0 saturated carbocycles. The van der Waals surface area contributed by atoms with Crippen molar-refractivity contribution in [1.82, 2.24) is 5.32 Å². The number of halogens is 1. The van der Waals surface area contributed by atoms with Crippen LogP contribution in [0.1, 0.15) is 25.3 Å². The highest BCUT2D eigenvalue weighted by atomic mass is 79.9. The number of anilines is 1. The third kappa shape index (κ3) is 2.67. The van der Waals surface area contributed by atoms with Crippen LogP contribution in [-0.4, -0.2) is 32.8 Å². The van der Waals surface area contributed by atoms with Gasteiger partial charge in [0.05, 0.1) is 18.9 Å². The number of ether oxygens (including phenoxy) is 1. The smallest absolute Gasteiger partial charge is 0.0642 e. The van der Waals surface area contributed by atoms with E-state index in [1.54, 1.807) is 0 Å². The molecule has 0 bridgehead atoms. The fraction of sp³-hybridized carbons (Fsp3) is 0.600. The van der Waals surface area contributed by atoms with Gasteiger partial charge in [0.25, 0.3) is 0 Å². The zero-order valence-electron chi connectivity index (χ0n) is 11.4. The second-order valence-corrected chi connectivity index (χ2v) is 6.48. The van der Waals surface area contributed by atoms with Gasteiger partial charge >= 0.3 is 0 Å². The summed E-state index contributed by atoms with van der Waals surface area (Å²) in [6, 6.07) is 6.80. The predicted octanol–water partition coefficient (Wildman–Crippen LogP) is 2.88. The van der Waals surface area contributed by atoms with Crippen molar-refractivity contribution in [3.8, 4) is 0 Å². The molecular weight excluding hydrogens is 304 g/mol. The number of hydrogen-bond donors (Lipinski definition) is 1. The Labute approximate surface area is 123 Å². The van der Waals surface area contributed by atoms with E-state index in [4.69, 9.17) is 4.74 Å². The van der Waals surface area contributed by atoms with Crippen molar-refractivity contribution in [3.63, 3.8) is 0 Å². The Morgan fingerprint density at radius 1 is 1.32 bits per heavy atom. The molecule has 1 unspecified atom stereocenters. The van der Waals surface area contributed by atoms with Crippen LogP contribution in [-0.2, 0) is 10.3 Å². The predicted molar refractivity (Wildman–Crippen MR) is 81.8 cm³/mol. The number of rotatable bonds is 2. The maximum atomic E-state index is 5.42. The van der Waals surface area contributed by atoms with Gasteiger partial charge in [0.2, 0.25) is 0 Å². The van der Waals surface area contributed by atoms with E-state index in [1.165, 1.54) is 28.6 Å². The Hall–Kier alpha value is -0.580. The van der Waals surface area contributed by atoms with E-state index in [2.05, 4.69) is 51.3 Å². The van der Waals surface area contributed by atoms with Crippen molar-refractivity contribution in [3.05, 3.63) is 28.2 Å². The van der Waals surface area contributed by atoms with Gasteiger partial charge in [-0.25, -0.2) is 0 Å². The van der Waals surface area contributed by atoms with Crippen molar-refractivity contribution in [2.45, 2.75) is 25.3 Å². The number of hydrogen-bond acceptors (Lipinski definition) is 3. The van der Waals surface area contributed by atoms with Gasteiger partial charge in [-0.3, -0.25) is 0 Å². The molecule has 1 aromatic carbocycles. The minimum atomic E-state index is 0.145. The van der Waals surface area contributed by atoms with E-state index in [1.807, 2.05) is 0 Å². The summed E-state index contributed by atoms with van der Waals surface area (Å²) in [4.78, 5) is 2.39. The van der Waals surface area contributed by atoms with Crippen LogP contribution in [0.3, 0.4) is 0 Å². The van der Waals surface area contributed by atoms with Crippen LogP contribution in [0.5, 0.6) is 0 Å². The summed E-state index contributed by atoms with van der Waals surface area (Å²) >= 11 is 3.74. The Morgan fingerprint density at radius 3 is 2.74 bits per heavy atom. The molecule has 1 N–H and O–H groups in total. The molecule has 2 heterocycles. The Balaban J connectivity index is 1.85. The minimum absolute atomic E-state index is 0.145. The molecule has 3 nitrogen and oxygen atoms in total. The number of nitrogens with one attached hydrogen (secondary N) is 1. The van der Waals surface area contributed by atoms with E-state index in [9.17, 15) is 0 Å². The maximum Gasteiger partial charge on any atom is 0.0642 e. The number of nitrogens with zero attached hydrogens (tertiary/aromatic N) is 1. The molecule has 4 heteroatoms. The molecule has 0 radical (unpaired) electrons. The van der Waals surface area contributed by atoms with Crippen LogP contribution in [0.4, 0.5) is 5.69 Å². The van der Waals surface area contributed by atoms with Crippen LogP contribution in [0, 0.1) is 0 Å². The Bertz CT molecular complexity index is 451. The van der Waals surface area contributed by atoms with Crippen molar-refractivity contribution < 1.29 is 4.74 Å². The van der Waals surface area contributed by atoms with Gasteiger partial charge in [-0.15, -0.1) is 0 Å². The first-order valence-electron chi connectivity index (χ1n) is 7.07. The zero-order chi connectivity index (χ0) is 13.3. The van der Waals surface area contributed by atoms with Crippen molar-refractivity contribution in [2.24, 2.45) is 0 Å². The molecule has 0 amide bonds. The quantitative estimate of drug-likeness (QED) is 0.905. The number of benzene rings is 1. The summed E-state index contributed by atoms with van der Waals surface area (Å²) in [7, 11) is 0. The monoisotopic (exact) mass is 324 g/mol. The molecule has 3 rings (SSSR count). The van der Waals surface area contributed by atoms with E-state index in [0.29, 0.717) is 0 Å². The molecule has 104 valence electrons. The summed E-state index contributed by atoms with van der Waals surface area (Å²) in [6.45, 7) is 7.04. The van der Waals surface area contributed by atoms with Crippen molar-refractivity contribution in [2.75, 3.05) is 37.7 Å². The topological polar surface area (TPSA) is 24.5 Å². The second-order valence-electron chi connectivity index (χ2n) is 5.63. The fourth-order valence-electron chi connectivity index (χ4n) is 3.05. The summed E-state index contributed by atoms with van der Waals surface area (Å²) in [5.74, 6) is 0. The summed E-state index contributed by atoms with van der Waals surface area (Å²) < 4.78 is 6.61. The first-order valence-corrected chi connectivity index (χ1v) is 7.86. The van der Waals surface area contributed by atoms with E-state index in [0.717, 1.165) is 32.8 Å². The van der Waals surface area contributed by atoms with Crippen LogP contribution in [0.25, 0.3) is 0 Å². The molecule has 2 saturated heterocycles. The van der Waals surface area contributed by atoms with Gasteiger partial charge < -0.3 is 15.0 Å². The largest absolute Gasteiger partial charge is 0.378 e. The van der Waals surface area contributed by atoms with Gasteiger partial charge in [0, 0.05) is 23.1 Å². The highest BCUT2D eigenvalue weighted by Gasteiger charge is 2.30. The Kier molecular flexibility index (Phi) is 3.83.